The van der Waals surface area contributed by atoms with Crippen LogP contribution in [0.2, 0.25) is 0 Å². The Morgan fingerprint density at radius 2 is 1.94 bits per heavy atom. The van der Waals surface area contributed by atoms with Crippen LogP contribution in [0.4, 0.5) is 0 Å². The minimum absolute atomic E-state index is 0.624. The van der Waals surface area contributed by atoms with Gasteiger partial charge in [0.05, 0.1) is 6.20 Å². The highest BCUT2D eigenvalue weighted by Gasteiger charge is 2.00. The predicted octanol–water partition coefficient (Wildman–Crippen LogP) is 2.42. The highest BCUT2D eigenvalue weighted by atomic mass is 32.1. The summed E-state index contributed by atoms with van der Waals surface area (Å²) in [4.78, 5) is 0. The molecule has 0 bridgehead atoms. The molecule has 1 aromatic heterocycles. The molecule has 3 nitrogen and oxygen atoms in total. The second-order valence-electron chi connectivity index (χ2n) is 4.11. The van der Waals surface area contributed by atoms with Crippen molar-refractivity contribution >= 4 is 17.3 Å². The normalized spacial score (nSPS) is 10.2. The van der Waals surface area contributed by atoms with Crippen LogP contribution in [0.15, 0.2) is 36.7 Å². The van der Waals surface area contributed by atoms with Crippen LogP contribution in [0.1, 0.15) is 16.7 Å². The zero-order valence-electron chi connectivity index (χ0n) is 9.97. The summed E-state index contributed by atoms with van der Waals surface area (Å²) in [6.07, 6.45) is 3.70. The lowest BCUT2D eigenvalue weighted by atomic mass is 10.1. The number of thiocarbonyl (C=S) groups is 1. The van der Waals surface area contributed by atoms with E-state index in [9.17, 15) is 0 Å². The first kappa shape index (κ1) is 11.8. The topological polar surface area (TPSA) is 29.9 Å². The molecule has 4 heteroatoms. The van der Waals surface area contributed by atoms with Crippen LogP contribution in [0.25, 0.3) is 0 Å². The van der Waals surface area contributed by atoms with Gasteiger partial charge in [0.25, 0.3) is 0 Å². The largest absolute Gasteiger partial charge is 0.357 e. The van der Waals surface area contributed by atoms with Crippen molar-refractivity contribution in [2.75, 3.05) is 0 Å². The van der Waals surface area contributed by atoms with Gasteiger partial charge in [-0.25, -0.2) is 4.68 Å². The molecule has 0 aliphatic heterocycles. The monoisotopic (exact) mass is 245 g/mol. The fourth-order valence-corrected chi connectivity index (χ4v) is 1.66. The first-order valence-corrected chi connectivity index (χ1v) is 5.91. The maximum absolute atomic E-state index is 5.25. The van der Waals surface area contributed by atoms with E-state index < -0.39 is 0 Å². The molecule has 0 saturated heterocycles. The van der Waals surface area contributed by atoms with Crippen molar-refractivity contribution in [3.63, 3.8) is 0 Å². The lowest BCUT2D eigenvalue weighted by Crippen LogP contribution is -2.28. The van der Waals surface area contributed by atoms with Gasteiger partial charge in [-0.05, 0) is 37.2 Å². The molecule has 0 aliphatic rings. The van der Waals surface area contributed by atoms with Gasteiger partial charge in [-0.1, -0.05) is 29.8 Å². The molecule has 0 saturated carbocycles. The molecular weight excluding hydrogens is 230 g/mol. The number of nitrogens with zero attached hydrogens (tertiary/aromatic N) is 2. The van der Waals surface area contributed by atoms with E-state index in [0.717, 1.165) is 12.1 Å². The summed E-state index contributed by atoms with van der Waals surface area (Å²) in [5.41, 5.74) is 3.57. The summed E-state index contributed by atoms with van der Waals surface area (Å²) < 4.78 is 1.68. The van der Waals surface area contributed by atoms with Crippen molar-refractivity contribution in [3.05, 3.63) is 53.3 Å². The first-order chi connectivity index (χ1) is 8.15. The lowest BCUT2D eigenvalue weighted by Gasteiger charge is -2.07. The molecule has 17 heavy (non-hydrogen) atoms. The molecule has 1 N–H and O–H groups in total. The third kappa shape index (κ3) is 3.14. The van der Waals surface area contributed by atoms with E-state index in [4.69, 9.17) is 12.2 Å². The van der Waals surface area contributed by atoms with Gasteiger partial charge in [-0.3, -0.25) is 0 Å². The Morgan fingerprint density at radius 3 is 2.53 bits per heavy atom. The Bertz CT molecular complexity index is 514. The highest BCUT2D eigenvalue weighted by molar-refractivity contribution is 7.80. The van der Waals surface area contributed by atoms with E-state index in [0.29, 0.717) is 5.11 Å². The molecule has 0 atom stereocenters. The zero-order valence-corrected chi connectivity index (χ0v) is 10.8. The van der Waals surface area contributed by atoms with Crippen LogP contribution < -0.4 is 5.32 Å². The van der Waals surface area contributed by atoms with Crippen LogP contribution >= 0.6 is 12.2 Å². The minimum atomic E-state index is 0.624. The molecule has 0 amide bonds. The molecule has 2 rings (SSSR count). The number of nitrogens with one attached hydrogen (secondary N) is 1. The second kappa shape index (κ2) is 5.10. The molecule has 1 aromatic carbocycles. The van der Waals surface area contributed by atoms with Crippen LogP contribution in [0.3, 0.4) is 0 Å². The van der Waals surface area contributed by atoms with Gasteiger partial charge in [-0.2, -0.15) is 5.10 Å². The average Bonchev–Trinajstić information content (AvgIpc) is 2.75. The van der Waals surface area contributed by atoms with Crippen molar-refractivity contribution in [1.29, 1.82) is 0 Å². The smallest absolute Gasteiger partial charge is 0.194 e. The SMILES string of the molecule is Cc1ccc(CNC(=S)n2cc(C)cn2)cc1. The lowest BCUT2D eigenvalue weighted by molar-refractivity contribution is 0.835. The number of aromatic nitrogens is 2. The summed E-state index contributed by atoms with van der Waals surface area (Å²) in [5, 5.41) is 7.96. The van der Waals surface area contributed by atoms with Gasteiger partial charge in [0.2, 0.25) is 0 Å². The second-order valence-corrected chi connectivity index (χ2v) is 4.49. The molecule has 2 aromatic rings. The minimum Gasteiger partial charge on any atom is -0.357 e. The van der Waals surface area contributed by atoms with Gasteiger partial charge in [0.1, 0.15) is 0 Å². The Kier molecular flexibility index (Phi) is 3.54. The molecule has 0 radical (unpaired) electrons. The Morgan fingerprint density at radius 1 is 1.24 bits per heavy atom. The molecular formula is C13H15N3S. The highest BCUT2D eigenvalue weighted by Crippen LogP contribution is 2.02. The van der Waals surface area contributed by atoms with E-state index in [-0.39, 0.29) is 0 Å². The summed E-state index contributed by atoms with van der Waals surface area (Å²) in [6.45, 7) is 4.79. The molecule has 0 unspecified atom stereocenters. The number of benzene rings is 1. The Hall–Kier alpha value is -1.68. The number of aryl methyl sites for hydroxylation is 2. The van der Waals surface area contributed by atoms with Crippen LogP contribution in [-0.4, -0.2) is 14.9 Å². The number of hydrogen-bond acceptors (Lipinski definition) is 2. The van der Waals surface area contributed by atoms with Gasteiger partial charge in [-0.15, -0.1) is 0 Å². The van der Waals surface area contributed by atoms with Gasteiger partial charge >= 0.3 is 0 Å². The van der Waals surface area contributed by atoms with Crippen molar-refractivity contribution in [2.24, 2.45) is 0 Å². The summed E-state index contributed by atoms with van der Waals surface area (Å²) in [7, 11) is 0. The van der Waals surface area contributed by atoms with E-state index in [2.05, 4.69) is 41.6 Å². The van der Waals surface area contributed by atoms with Crippen LogP contribution in [-0.2, 0) is 6.54 Å². The van der Waals surface area contributed by atoms with Crippen molar-refractivity contribution < 1.29 is 0 Å². The van der Waals surface area contributed by atoms with E-state index in [1.807, 2.05) is 13.1 Å². The summed E-state index contributed by atoms with van der Waals surface area (Å²) >= 11 is 5.25. The third-order valence-electron chi connectivity index (χ3n) is 2.48. The molecule has 0 fully saturated rings. The predicted molar refractivity (Wildman–Crippen MR) is 73.0 cm³/mol. The van der Waals surface area contributed by atoms with E-state index in [1.165, 1.54) is 11.1 Å². The van der Waals surface area contributed by atoms with E-state index >= 15 is 0 Å². The van der Waals surface area contributed by atoms with Crippen LogP contribution in [0, 0.1) is 13.8 Å². The van der Waals surface area contributed by atoms with Gasteiger partial charge in [0.15, 0.2) is 5.11 Å². The maximum Gasteiger partial charge on any atom is 0.194 e. The molecule has 0 aliphatic carbocycles. The van der Waals surface area contributed by atoms with Gasteiger partial charge in [0, 0.05) is 12.7 Å². The standard InChI is InChI=1S/C13H15N3S/c1-10-3-5-12(6-4-10)8-14-13(17)16-9-11(2)7-15-16/h3-7,9H,8H2,1-2H3,(H,14,17). The Balaban J connectivity index is 1.94. The average molecular weight is 245 g/mol. The van der Waals surface area contributed by atoms with Gasteiger partial charge < -0.3 is 5.32 Å². The summed E-state index contributed by atoms with van der Waals surface area (Å²) in [6, 6.07) is 8.38. The number of rotatable bonds is 2. The maximum atomic E-state index is 5.25. The zero-order chi connectivity index (χ0) is 12.3. The van der Waals surface area contributed by atoms with Crippen molar-refractivity contribution in [1.82, 2.24) is 15.1 Å². The van der Waals surface area contributed by atoms with E-state index in [1.54, 1.807) is 10.9 Å². The Labute approximate surface area is 106 Å². The fourth-order valence-electron chi connectivity index (χ4n) is 1.49. The van der Waals surface area contributed by atoms with Crippen molar-refractivity contribution in [2.45, 2.75) is 20.4 Å². The van der Waals surface area contributed by atoms with Crippen LogP contribution in [0.5, 0.6) is 0 Å². The molecule has 88 valence electrons. The molecule has 0 spiro atoms. The fraction of sp³-hybridized carbons (Fsp3) is 0.231. The van der Waals surface area contributed by atoms with Crippen molar-refractivity contribution in [3.8, 4) is 0 Å². The third-order valence-corrected chi connectivity index (χ3v) is 2.82. The quantitative estimate of drug-likeness (QED) is 0.824. The molecule has 1 heterocycles. The number of hydrogen-bond donors (Lipinski definition) is 1. The first-order valence-electron chi connectivity index (χ1n) is 5.50. The summed E-state index contributed by atoms with van der Waals surface area (Å²) in [5.74, 6) is 0.